The van der Waals surface area contributed by atoms with E-state index in [0.29, 0.717) is 0 Å². The molecule has 0 aromatic heterocycles. The molecule has 1 fully saturated rings. The highest BCUT2D eigenvalue weighted by Gasteiger charge is 2.42. The summed E-state index contributed by atoms with van der Waals surface area (Å²) in [5.74, 6) is 1.02. The molecule has 0 N–H and O–H groups in total. The van der Waals surface area contributed by atoms with Crippen molar-refractivity contribution in [3.05, 3.63) is 29.8 Å². The van der Waals surface area contributed by atoms with Gasteiger partial charge >= 0.3 is 0 Å². The Bertz CT molecular complexity index is 479. The van der Waals surface area contributed by atoms with Crippen molar-refractivity contribution < 1.29 is 4.74 Å². The molecule has 3 nitrogen and oxygen atoms in total. The number of thioether (sulfide) groups is 1. The van der Waals surface area contributed by atoms with Crippen molar-refractivity contribution in [1.82, 2.24) is 4.90 Å². The van der Waals surface area contributed by atoms with Gasteiger partial charge in [-0.05, 0) is 12.5 Å². The summed E-state index contributed by atoms with van der Waals surface area (Å²) < 4.78 is 5.41. The van der Waals surface area contributed by atoms with Gasteiger partial charge in [-0.1, -0.05) is 18.2 Å². The van der Waals surface area contributed by atoms with Gasteiger partial charge in [0.05, 0.1) is 19.3 Å². The van der Waals surface area contributed by atoms with Gasteiger partial charge in [0.2, 0.25) is 0 Å². The summed E-state index contributed by atoms with van der Waals surface area (Å²) in [6.45, 7) is 3.18. The van der Waals surface area contributed by atoms with E-state index in [0.717, 1.165) is 38.5 Å². The lowest BCUT2D eigenvalue weighted by Gasteiger charge is -2.43. The Morgan fingerprint density at radius 2 is 2.06 bits per heavy atom. The van der Waals surface area contributed by atoms with Crippen molar-refractivity contribution in [1.29, 1.82) is 5.26 Å². The van der Waals surface area contributed by atoms with Crippen LogP contribution >= 0.6 is 11.8 Å². The van der Waals surface area contributed by atoms with E-state index < -0.39 is 5.54 Å². The average molecular weight is 260 g/mol. The third kappa shape index (κ3) is 1.83. The second-order valence-corrected chi connectivity index (χ2v) is 5.80. The lowest BCUT2D eigenvalue weighted by molar-refractivity contribution is -0.00734. The maximum atomic E-state index is 9.80. The zero-order chi connectivity index (χ0) is 12.4. The molecule has 2 heterocycles. The maximum absolute atomic E-state index is 9.80. The van der Waals surface area contributed by atoms with Gasteiger partial charge in [-0.15, -0.1) is 11.8 Å². The quantitative estimate of drug-likeness (QED) is 0.776. The first-order valence-electron chi connectivity index (χ1n) is 6.33. The molecule has 1 aromatic rings. The molecule has 1 unspecified atom stereocenters. The molecular weight excluding hydrogens is 244 g/mol. The molecule has 4 heteroatoms. The number of nitrogens with zero attached hydrogens (tertiary/aromatic N) is 2. The second kappa shape index (κ2) is 4.93. The number of fused-ring (bicyclic) bond motifs is 1. The summed E-state index contributed by atoms with van der Waals surface area (Å²) in [6, 6.07) is 10.9. The summed E-state index contributed by atoms with van der Waals surface area (Å²) >= 11 is 1.86. The average Bonchev–Trinajstić information content (AvgIpc) is 2.47. The van der Waals surface area contributed by atoms with Crippen LogP contribution in [0.15, 0.2) is 29.2 Å². The lowest BCUT2D eigenvalue weighted by atomic mass is 9.86. The highest BCUT2D eigenvalue weighted by atomic mass is 32.2. The maximum Gasteiger partial charge on any atom is 0.136 e. The summed E-state index contributed by atoms with van der Waals surface area (Å²) in [5, 5.41) is 9.80. The fraction of sp³-hybridized carbons (Fsp3) is 0.500. The Hall–Kier alpha value is -1.02. The third-order valence-electron chi connectivity index (χ3n) is 3.79. The van der Waals surface area contributed by atoms with Crippen LogP contribution in [0.5, 0.6) is 0 Å². The predicted octanol–water partition coefficient (Wildman–Crippen LogP) is 2.23. The van der Waals surface area contributed by atoms with Gasteiger partial charge < -0.3 is 4.74 Å². The molecule has 94 valence electrons. The van der Waals surface area contributed by atoms with E-state index >= 15 is 0 Å². The van der Waals surface area contributed by atoms with E-state index in [4.69, 9.17) is 4.74 Å². The SMILES string of the molecule is N#CC1(N2CCOCC2)CCSc2ccccc21. The third-order valence-corrected chi connectivity index (χ3v) is 4.87. The zero-order valence-corrected chi connectivity index (χ0v) is 11.1. The Morgan fingerprint density at radius 1 is 1.28 bits per heavy atom. The Kier molecular flexibility index (Phi) is 3.29. The molecule has 0 spiro atoms. The van der Waals surface area contributed by atoms with Crippen LogP contribution in [0.4, 0.5) is 0 Å². The topological polar surface area (TPSA) is 36.3 Å². The van der Waals surface area contributed by atoms with E-state index in [2.05, 4.69) is 29.2 Å². The van der Waals surface area contributed by atoms with Gasteiger partial charge in [-0.2, -0.15) is 5.26 Å². The van der Waals surface area contributed by atoms with E-state index in [-0.39, 0.29) is 0 Å². The van der Waals surface area contributed by atoms with E-state index in [1.807, 2.05) is 17.8 Å². The number of hydrogen-bond donors (Lipinski definition) is 0. The smallest absolute Gasteiger partial charge is 0.136 e. The van der Waals surface area contributed by atoms with Crippen LogP contribution < -0.4 is 0 Å². The highest BCUT2D eigenvalue weighted by molar-refractivity contribution is 7.99. The van der Waals surface area contributed by atoms with Crippen LogP contribution in [-0.2, 0) is 10.3 Å². The summed E-state index contributed by atoms with van der Waals surface area (Å²) in [4.78, 5) is 3.56. The minimum absolute atomic E-state index is 0.439. The van der Waals surface area contributed by atoms with Crippen molar-refractivity contribution in [2.24, 2.45) is 0 Å². The molecule has 3 rings (SSSR count). The van der Waals surface area contributed by atoms with Gasteiger partial charge in [0.1, 0.15) is 5.54 Å². The largest absolute Gasteiger partial charge is 0.379 e. The molecule has 1 atom stereocenters. The van der Waals surface area contributed by atoms with Gasteiger partial charge in [0.25, 0.3) is 0 Å². The Morgan fingerprint density at radius 3 is 2.83 bits per heavy atom. The first-order valence-corrected chi connectivity index (χ1v) is 7.32. The fourth-order valence-corrected chi connectivity index (χ4v) is 4.02. The van der Waals surface area contributed by atoms with Gasteiger partial charge in [0.15, 0.2) is 0 Å². The molecule has 0 amide bonds. The number of rotatable bonds is 1. The first kappa shape index (κ1) is 12.0. The normalized spacial score (nSPS) is 28.4. The molecule has 0 radical (unpaired) electrons. The van der Waals surface area contributed by atoms with Gasteiger partial charge in [-0.25, -0.2) is 0 Å². The molecule has 2 aliphatic rings. The highest BCUT2D eigenvalue weighted by Crippen LogP contribution is 2.43. The minimum Gasteiger partial charge on any atom is -0.379 e. The summed E-state index contributed by atoms with van der Waals surface area (Å²) in [6.07, 6.45) is 0.908. The fourth-order valence-electron chi connectivity index (χ4n) is 2.84. The number of nitriles is 1. The molecule has 1 aromatic carbocycles. The van der Waals surface area contributed by atoms with Gasteiger partial charge in [0, 0.05) is 29.3 Å². The number of hydrogen-bond acceptors (Lipinski definition) is 4. The summed E-state index contributed by atoms with van der Waals surface area (Å²) in [7, 11) is 0. The lowest BCUT2D eigenvalue weighted by Crippen LogP contribution is -2.52. The number of morpholine rings is 1. The number of benzene rings is 1. The van der Waals surface area contributed by atoms with Crippen molar-refractivity contribution in [3.8, 4) is 6.07 Å². The van der Waals surface area contributed by atoms with Gasteiger partial charge in [-0.3, -0.25) is 4.90 Å². The molecular formula is C14H16N2OS. The molecule has 2 aliphatic heterocycles. The standard InChI is InChI=1S/C14H16N2OS/c15-11-14(16-6-8-17-9-7-16)5-10-18-13-4-2-1-3-12(13)14/h1-4H,5-10H2. The predicted molar refractivity (Wildman–Crippen MR) is 71.5 cm³/mol. The van der Waals surface area contributed by atoms with Crippen molar-refractivity contribution in [2.45, 2.75) is 16.9 Å². The Labute approximate surface area is 112 Å². The van der Waals surface area contributed by atoms with Crippen LogP contribution in [-0.4, -0.2) is 37.0 Å². The van der Waals surface area contributed by atoms with E-state index in [1.165, 1.54) is 10.5 Å². The van der Waals surface area contributed by atoms with Crippen LogP contribution in [0.1, 0.15) is 12.0 Å². The monoisotopic (exact) mass is 260 g/mol. The van der Waals surface area contributed by atoms with Crippen LogP contribution in [0.25, 0.3) is 0 Å². The molecule has 18 heavy (non-hydrogen) atoms. The molecule has 0 saturated carbocycles. The van der Waals surface area contributed by atoms with Crippen LogP contribution in [0.3, 0.4) is 0 Å². The number of ether oxygens (including phenoxy) is 1. The summed E-state index contributed by atoms with van der Waals surface area (Å²) in [5.41, 5.74) is 0.747. The zero-order valence-electron chi connectivity index (χ0n) is 10.3. The Balaban J connectivity index is 2.04. The molecule has 0 bridgehead atoms. The van der Waals surface area contributed by atoms with Crippen molar-refractivity contribution >= 4 is 11.8 Å². The van der Waals surface area contributed by atoms with Crippen LogP contribution in [0.2, 0.25) is 0 Å². The van der Waals surface area contributed by atoms with Crippen LogP contribution in [0, 0.1) is 11.3 Å². The van der Waals surface area contributed by atoms with Crippen molar-refractivity contribution in [3.63, 3.8) is 0 Å². The van der Waals surface area contributed by atoms with Crippen molar-refractivity contribution in [2.75, 3.05) is 32.1 Å². The molecule has 1 saturated heterocycles. The second-order valence-electron chi connectivity index (χ2n) is 4.67. The first-order chi connectivity index (χ1) is 8.87. The van der Waals surface area contributed by atoms with E-state index in [9.17, 15) is 5.26 Å². The van der Waals surface area contributed by atoms with E-state index in [1.54, 1.807) is 0 Å². The molecule has 0 aliphatic carbocycles. The minimum atomic E-state index is -0.439.